The van der Waals surface area contributed by atoms with Gasteiger partial charge in [0.1, 0.15) is 0 Å². The highest BCUT2D eigenvalue weighted by Crippen LogP contribution is 2.17. The van der Waals surface area contributed by atoms with Gasteiger partial charge in [-0.25, -0.2) is 0 Å². The van der Waals surface area contributed by atoms with Crippen molar-refractivity contribution in [3.63, 3.8) is 0 Å². The summed E-state index contributed by atoms with van der Waals surface area (Å²) in [5, 5.41) is 10.6. The van der Waals surface area contributed by atoms with Crippen LogP contribution in [0.15, 0.2) is 48.5 Å². The Morgan fingerprint density at radius 1 is 1.06 bits per heavy atom. The van der Waals surface area contributed by atoms with Gasteiger partial charge in [-0.2, -0.15) is 0 Å². The fourth-order valence-electron chi connectivity index (χ4n) is 1.56. The molecule has 0 fully saturated rings. The van der Waals surface area contributed by atoms with E-state index in [1.165, 1.54) is 18.2 Å². The number of nitro groups is 1. The Morgan fingerprint density at radius 2 is 1.72 bits per heavy atom. The highest BCUT2D eigenvalue weighted by Gasteiger charge is 2.12. The Labute approximate surface area is 103 Å². The van der Waals surface area contributed by atoms with E-state index in [-0.39, 0.29) is 17.0 Å². The van der Waals surface area contributed by atoms with Gasteiger partial charge in [0.25, 0.3) is 5.69 Å². The number of carbonyl (C=O) groups excluding carboxylic acids is 1. The molecule has 2 aromatic rings. The molecular formula is C13H10N2O3. The number of rotatable bonds is 3. The van der Waals surface area contributed by atoms with Crippen molar-refractivity contribution in [1.29, 1.82) is 0 Å². The number of carbonyl (C=O) groups is 1. The number of nitrogens with zero attached hydrogens (tertiary/aromatic N) is 1. The van der Waals surface area contributed by atoms with E-state index in [1.807, 2.05) is 0 Å². The minimum absolute atomic E-state index is 0.101. The van der Waals surface area contributed by atoms with E-state index in [0.717, 1.165) is 0 Å². The molecule has 0 saturated carbocycles. The fraction of sp³-hybridized carbons (Fsp3) is 0. The van der Waals surface area contributed by atoms with Gasteiger partial charge in [-0.05, 0) is 24.3 Å². The zero-order chi connectivity index (χ0) is 13.1. The van der Waals surface area contributed by atoms with Gasteiger partial charge in [-0.1, -0.05) is 12.1 Å². The van der Waals surface area contributed by atoms with Gasteiger partial charge in [-0.3, -0.25) is 14.9 Å². The van der Waals surface area contributed by atoms with Crippen LogP contribution in [0.25, 0.3) is 0 Å². The third-order valence-electron chi connectivity index (χ3n) is 2.49. The maximum atomic E-state index is 12.1. The highest BCUT2D eigenvalue weighted by atomic mass is 16.6. The molecule has 5 nitrogen and oxygen atoms in total. The number of non-ortho nitro benzene ring substituents is 1. The van der Waals surface area contributed by atoms with Gasteiger partial charge in [0.15, 0.2) is 5.78 Å². The summed E-state index contributed by atoms with van der Waals surface area (Å²) < 4.78 is 0. The van der Waals surface area contributed by atoms with Gasteiger partial charge < -0.3 is 5.73 Å². The minimum Gasteiger partial charge on any atom is -0.399 e. The number of ketones is 1. The van der Waals surface area contributed by atoms with Crippen LogP contribution in [-0.4, -0.2) is 10.7 Å². The first-order valence-electron chi connectivity index (χ1n) is 5.22. The maximum Gasteiger partial charge on any atom is 0.270 e. The lowest BCUT2D eigenvalue weighted by molar-refractivity contribution is -0.384. The largest absolute Gasteiger partial charge is 0.399 e. The summed E-state index contributed by atoms with van der Waals surface area (Å²) in [6.45, 7) is 0. The summed E-state index contributed by atoms with van der Waals surface area (Å²) in [5.74, 6) is -0.265. The molecule has 2 rings (SSSR count). The SMILES string of the molecule is Nc1ccc(C(=O)c2cccc([N+](=O)[O-])c2)cc1. The lowest BCUT2D eigenvalue weighted by Gasteiger charge is -2.01. The molecule has 0 atom stereocenters. The molecule has 0 aliphatic rings. The van der Waals surface area contributed by atoms with Crippen LogP contribution in [0.5, 0.6) is 0 Å². The smallest absolute Gasteiger partial charge is 0.270 e. The van der Waals surface area contributed by atoms with Gasteiger partial charge in [0.05, 0.1) is 4.92 Å². The zero-order valence-corrected chi connectivity index (χ0v) is 9.37. The number of hydrogen-bond donors (Lipinski definition) is 1. The van der Waals surface area contributed by atoms with Crippen molar-refractivity contribution < 1.29 is 9.72 Å². The number of nitrogens with two attached hydrogens (primary N) is 1. The van der Waals surface area contributed by atoms with Crippen LogP contribution < -0.4 is 5.73 Å². The predicted octanol–water partition coefficient (Wildman–Crippen LogP) is 2.41. The van der Waals surface area contributed by atoms with Gasteiger partial charge in [0.2, 0.25) is 0 Å². The first-order valence-corrected chi connectivity index (χ1v) is 5.22. The van der Waals surface area contributed by atoms with Gasteiger partial charge >= 0.3 is 0 Å². The van der Waals surface area contributed by atoms with Crippen LogP contribution in [0.2, 0.25) is 0 Å². The summed E-state index contributed by atoms with van der Waals surface area (Å²) in [5.41, 5.74) is 6.72. The Bertz CT molecular complexity index is 606. The summed E-state index contributed by atoms with van der Waals surface area (Å²) in [4.78, 5) is 22.2. The van der Waals surface area contributed by atoms with Crippen molar-refractivity contribution in [3.05, 3.63) is 69.8 Å². The molecule has 0 spiro atoms. The van der Waals surface area contributed by atoms with Crippen LogP contribution in [-0.2, 0) is 0 Å². The number of nitro benzene ring substituents is 1. The Hall–Kier alpha value is -2.69. The van der Waals surface area contributed by atoms with Crippen molar-refractivity contribution >= 4 is 17.2 Å². The minimum atomic E-state index is -0.528. The number of benzene rings is 2. The van der Waals surface area contributed by atoms with E-state index in [0.29, 0.717) is 11.3 Å². The topological polar surface area (TPSA) is 86.2 Å². The van der Waals surface area contributed by atoms with Gasteiger partial charge in [-0.15, -0.1) is 0 Å². The Morgan fingerprint density at radius 3 is 2.33 bits per heavy atom. The van der Waals surface area contributed by atoms with Crippen LogP contribution in [0.1, 0.15) is 15.9 Å². The standard InChI is InChI=1S/C13H10N2O3/c14-11-6-4-9(5-7-11)13(16)10-2-1-3-12(8-10)15(17)18/h1-8H,14H2. The molecule has 0 aromatic heterocycles. The molecule has 0 aliphatic heterocycles. The third kappa shape index (κ3) is 2.35. The van der Waals surface area contributed by atoms with Crippen molar-refractivity contribution in [2.24, 2.45) is 0 Å². The lowest BCUT2D eigenvalue weighted by atomic mass is 10.0. The van der Waals surface area contributed by atoms with E-state index in [4.69, 9.17) is 5.73 Å². The first kappa shape index (κ1) is 11.8. The summed E-state index contributed by atoms with van der Waals surface area (Å²) in [6, 6.07) is 12.1. The second kappa shape index (κ2) is 4.67. The molecular weight excluding hydrogens is 232 g/mol. The second-order valence-corrected chi connectivity index (χ2v) is 3.76. The van der Waals surface area contributed by atoms with Crippen LogP contribution in [0, 0.1) is 10.1 Å². The summed E-state index contributed by atoms with van der Waals surface area (Å²) in [6.07, 6.45) is 0. The average Bonchev–Trinajstić information content (AvgIpc) is 2.39. The molecule has 0 radical (unpaired) electrons. The van der Waals surface area contributed by atoms with Crippen LogP contribution >= 0.6 is 0 Å². The second-order valence-electron chi connectivity index (χ2n) is 3.76. The zero-order valence-electron chi connectivity index (χ0n) is 9.37. The van der Waals surface area contributed by atoms with E-state index < -0.39 is 4.92 Å². The number of anilines is 1. The molecule has 90 valence electrons. The number of hydrogen-bond acceptors (Lipinski definition) is 4. The molecule has 18 heavy (non-hydrogen) atoms. The predicted molar refractivity (Wildman–Crippen MR) is 67.4 cm³/mol. The molecule has 0 bridgehead atoms. The van der Waals surface area contributed by atoms with Crippen molar-refractivity contribution in [2.45, 2.75) is 0 Å². The average molecular weight is 242 g/mol. The summed E-state index contributed by atoms with van der Waals surface area (Å²) >= 11 is 0. The van der Waals surface area contributed by atoms with E-state index in [2.05, 4.69) is 0 Å². The molecule has 2 N–H and O–H groups in total. The molecule has 0 aliphatic carbocycles. The van der Waals surface area contributed by atoms with Crippen molar-refractivity contribution in [1.82, 2.24) is 0 Å². The molecule has 0 unspecified atom stereocenters. The van der Waals surface area contributed by atoms with E-state index >= 15 is 0 Å². The fourth-order valence-corrected chi connectivity index (χ4v) is 1.56. The lowest BCUT2D eigenvalue weighted by Crippen LogP contribution is -2.02. The van der Waals surface area contributed by atoms with E-state index in [9.17, 15) is 14.9 Å². The Kier molecular flexibility index (Phi) is 3.05. The maximum absolute atomic E-state index is 12.1. The van der Waals surface area contributed by atoms with E-state index in [1.54, 1.807) is 30.3 Å². The molecule has 0 heterocycles. The Balaban J connectivity index is 2.37. The monoisotopic (exact) mass is 242 g/mol. The van der Waals surface area contributed by atoms with Gasteiger partial charge in [0, 0.05) is 28.9 Å². The van der Waals surface area contributed by atoms with Crippen molar-refractivity contribution in [3.8, 4) is 0 Å². The summed E-state index contributed by atoms with van der Waals surface area (Å²) in [7, 11) is 0. The quantitative estimate of drug-likeness (QED) is 0.387. The molecule has 0 saturated heterocycles. The molecule has 2 aromatic carbocycles. The van der Waals surface area contributed by atoms with Crippen LogP contribution in [0.4, 0.5) is 11.4 Å². The molecule has 0 amide bonds. The normalized spacial score (nSPS) is 10.0. The molecule has 5 heteroatoms. The highest BCUT2D eigenvalue weighted by molar-refractivity contribution is 6.09. The van der Waals surface area contributed by atoms with Crippen LogP contribution in [0.3, 0.4) is 0 Å². The third-order valence-corrected chi connectivity index (χ3v) is 2.49. The van der Waals surface area contributed by atoms with Crippen molar-refractivity contribution in [2.75, 3.05) is 5.73 Å². The first-order chi connectivity index (χ1) is 8.58. The number of nitrogen functional groups attached to an aromatic ring is 1.